The molecule has 0 aliphatic heterocycles. The largest absolute Gasteiger partial charge is 3.00 e. The van der Waals surface area contributed by atoms with Crippen molar-refractivity contribution in [3.63, 3.8) is 0 Å². The summed E-state index contributed by atoms with van der Waals surface area (Å²) in [6.07, 6.45) is 0. The topological polar surface area (TPSA) is 46.2 Å². The molecule has 43 valence electrons. The van der Waals surface area contributed by atoms with Gasteiger partial charge in [0.1, 0.15) is 0 Å². The minimum Gasteiger partial charge on any atom is -1.00 e. The number of nitrogens with two attached hydrogens (primary N) is 1. The van der Waals surface area contributed by atoms with Gasteiger partial charge in [0, 0.05) is 0 Å². The fourth-order valence-corrected chi connectivity index (χ4v) is 0. The van der Waals surface area contributed by atoms with E-state index in [0.29, 0.717) is 0 Å². The van der Waals surface area contributed by atoms with Crippen LogP contribution in [0.25, 0.3) is 0 Å². The summed E-state index contributed by atoms with van der Waals surface area (Å²) in [6, 6.07) is 0. The van der Waals surface area contributed by atoms with E-state index in [1.54, 1.807) is 0 Å². The first-order valence-corrected chi connectivity index (χ1v) is 0.258. The van der Waals surface area contributed by atoms with Crippen molar-refractivity contribution in [3.05, 3.63) is 0 Å². The molecule has 0 aromatic rings. The van der Waals surface area contributed by atoms with Crippen LogP contribution in [0.5, 0.6) is 0 Å². The molecule has 0 saturated carbocycles. The first-order valence-electron chi connectivity index (χ1n) is 0.258. The molecule has 6 heteroatoms. The zero-order chi connectivity index (χ0) is 2.00. The molecule has 0 heterocycles. The average Bonchev–Trinajstić information content (AvgIpc) is 1.00. The van der Waals surface area contributed by atoms with Gasteiger partial charge in [0.2, 0.25) is 0 Å². The maximum atomic E-state index is 6.50. The summed E-state index contributed by atoms with van der Waals surface area (Å²) < 4.78 is 0. The fourth-order valence-electron chi connectivity index (χ4n) is 0. The van der Waals surface area contributed by atoms with Crippen molar-refractivity contribution in [2.24, 2.45) is 5.90 Å². The minimum atomic E-state index is 0. The molecule has 0 atom stereocenters. The van der Waals surface area contributed by atoms with Crippen LogP contribution in [-0.4, -0.2) is 5.21 Å². The molecule has 1 radical (unpaired) electrons. The van der Waals surface area contributed by atoms with Gasteiger partial charge >= 0.3 is 39.9 Å². The number of halogens is 3. The molecule has 0 rings (SSSR count). The van der Waals surface area contributed by atoms with Gasteiger partial charge in [-0.3, -0.25) is 0 Å². The molecule has 0 aromatic heterocycles. The molecule has 0 unspecified atom stereocenters. The van der Waals surface area contributed by atoms with E-state index in [1.807, 2.05) is 0 Å². The van der Waals surface area contributed by atoms with E-state index < -0.39 is 0 Å². The Kier molecular flexibility index (Phi) is 420. The van der Waals surface area contributed by atoms with Gasteiger partial charge in [-0.25, -0.2) is 5.90 Å². The molecule has 0 fully saturated rings. The van der Waals surface area contributed by atoms with Crippen molar-refractivity contribution >= 4 is 0 Å². The predicted octanol–water partition coefficient (Wildman–Crippen LogP) is -9.65. The molecule has 0 aliphatic carbocycles. The van der Waals surface area contributed by atoms with Crippen LogP contribution in [0.3, 0.4) is 0 Å². The van der Waals surface area contributed by atoms with Crippen LogP contribution in [0.15, 0.2) is 0 Å². The van der Waals surface area contributed by atoms with Crippen molar-refractivity contribution in [1.29, 1.82) is 0 Å². The Morgan fingerprint density at radius 3 is 0.833 bits per heavy atom. The minimum absolute atomic E-state index is 0. The molecule has 0 aromatic carbocycles. The Morgan fingerprint density at radius 1 is 0.833 bits per heavy atom. The summed E-state index contributed by atoms with van der Waals surface area (Å²) in [5.74, 6) is 3.50. The molecule has 0 amide bonds. The molecule has 0 bridgehead atoms. The second-order valence-electron chi connectivity index (χ2n) is 0. The van der Waals surface area contributed by atoms with E-state index in [-0.39, 0.29) is 77.2 Å². The summed E-state index contributed by atoms with van der Waals surface area (Å²) in [5, 5.41) is 6.50. The molecule has 3 N–H and O–H groups in total. The van der Waals surface area contributed by atoms with Crippen LogP contribution in [0.1, 0.15) is 0 Å². The fraction of sp³-hybridized carbons (Fsp3) is 0. The third-order valence-electron chi connectivity index (χ3n) is 0. The van der Waals surface area contributed by atoms with Gasteiger partial charge in [-0.05, 0) is 0 Å². The van der Waals surface area contributed by atoms with Gasteiger partial charge in [-0.15, -0.1) is 0 Å². The Balaban J connectivity index is -0.000000000833. The first-order chi connectivity index (χ1) is 1.00. The summed E-state index contributed by atoms with van der Waals surface area (Å²) >= 11 is 0. The van der Waals surface area contributed by atoms with Crippen LogP contribution < -0.4 is 43.1 Å². The van der Waals surface area contributed by atoms with E-state index in [9.17, 15) is 0 Å². The summed E-state index contributed by atoms with van der Waals surface area (Å²) in [4.78, 5) is 0. The van der Waals surface area contributed by atoms with Crippen molar-refractivity contribution in [1.82, 2.24) is 0 Å². The van der Waals surface area contributed by atoms with Crippen LogP contribution >= 0.6 is 0 Å². The van der Waals surface area contributed by atoms with Crippen LogP contribution in [0.4, 0.5) is 0 Å². The summed E-state index contributed by atoms with van der Waals surface area (Å²) in [5.41, 5.74) is 0. The molecule has 2 nitrogen and oxygen atoms in total. The Hall–Kier alpha value is 2.11. The van der Waals surface area contributed by atoms with E-state index >= 15 is 0 Å². The Morgan fingerprint density at radius 2 is 0.833 bits per heavy atom. The summed E-state index contributed by atoms with van der Waals surface area (Å²) in [7, 11) is 0. The summed E-state index contributed by atoms with van der Waals surface area (Å²) in [6.45, 7) is 0. The molecule has 6 heavy (non-hydrogen) atoms. The van der Waals surface area contributed by atoms with Crippen LogP contribution in [0, 0.1) is 39.9 Å². The average molecular weight is 297 g/mol. The van der Waals surface area contributed by atoms with Gasteiger partial charge in [0.05, 0.1) is 0 Å². The number of rotatable bonds is 0. The number of hydrogen-bond acceptors (Lipinski definition) is 2. The van der Waals surface area contributed by atoms with Crippen molar-refractivity contribution in [3.8, 4) is 0 Å². The zero-order valence-corrected chi connectivity index (χ0v) is 7.05. The van der Waals surface area contributed by atoms with Crippen molar-refractivity contribution < 1.29 is 82.4 Å². The van der Waals surface area contributed by atoms with Crippen LogP contribution in [-0.2, 0) is 0 Å². The molecule has 0 aliphatic rings. The monoisotopic (exact) mass is 296 g/mol. The standard InChI is InChI=1S/3ClH.Gd.H3NO/c;;;;1-2/h3*1H;;2H,1H2/q;;;+3;/p-3. The van der Waals surface area contributed by atoms with Crippen LogP contribution in [0.2, 0.25) is 0 Å². The third-order valence-corrected chi connectivity index (χ3v) is 0. The van der Waals surface area contributed by atoms with E-state index in [4.69, 9.17) is 5.21 Å². The zero-order valence-electron chi connectivity index (χ0n) is 2.51. The first kappa shape index (κ1) is 42.3. The van der Waals surface area contributed by atoms with Gasteiger partial charge in [-0.2, -0.15) is 0 Å². The molecular weight excluding hydrogens is 294 g/mol. The predicted molar refractivity (Wildman–Crippen MR) is 5.97 cm³/mol. The van der Waals surface area contributed by atoms with Gasteiger partial charge in [0.15, 0.2) is 0 Å². The van der Waals surface area contributed by atoms with Gasteiger partial charge in [0.25, 0.3) is 0 Å². The third kappa shape index (κ3) is 35.8. The normalized spacial score (nSPS) is 1.00. The van der Waals surface area contributed by atoms with Gasteiger partial charge < -0.3 is 42.4 Å². The van der Waals surface area contributed by atoms with Crippen molar-refractivity contribution in [2.45, 2.75) is 0 Å². The SMILES string of the molecule is NO.[Cl-].[Cl-].[Cl-].[Gd+3]. The maximum absolute atomic E-state index is 6.50. The van der Waals surface area contributed by atoms with Gasteiger partial charge in [-0.1, -0.05) is 0 Å². The molecular formula is H3Cl3GdNO. The second kappa shape index (κ2) is 59.5. The van der Waals surface area contributed by atoms with E-state index in [1.165, 1.54) is 0 Å². The van der Waals surface area contributed by atoms with E-state index in [0.717, 1.165) is 0 Å². The Bertz CT molecular complexity index is 10.8. The van der Waals surface area contributed by atoms with Crippen molar-refractivity contribution in [2.75, 3.05) is 0 Å². The van der Waals surface area contributed by atoms with E-state index in [2.05, 4.69) is 5.90 Å². The second-order valence-corrected chi connectivity index (χ2v) is 0. The smallest absolute Gasteiger partial charge is 1.00 e. The molecule has 0 saturated heterocycles. The maximum Gasteiger partial charge on any atom is 3.00 e. The molecule has 0 spiro atoms. The number of hydrogen-bond donors (Lipinski definition) is 2. The quantitative estimate of drug-likeness (QED) is 0.436. The Labute approximate surface area is 87.1 Å².